The molecule has 9 aromatic carbocycles. The number of benzene rings is 9. The summed E-state index contributed by atoms with van der Waals surface area (Å²) in [5, 5.41) is 7.22. The highest BCUT2D eigenvalue weighted by Crippen LogP contribution is 2.43. The molecule has 2 aliphatic heterocycles. The van der Waals surface area contributed by atoms with Crippen LogP contribution >= 0.6 is 0 Å². The number of para-hydroxylation sites is 6. The molecule has 0 fully saturated rings. The van der Waals surface area contributed by atoms with Crippen molar-refractivity contribution in [3.63, 3.8) is 0 Å². The molecule has 3 aromatic heterocycles. The summed E-state index contributed by atoms with van der Waals surface area (Å²) in [5.41, 5.74) is 13.4. The average Bonchev–Trinajstić information content (AvgIpc) is 3.93. The number of ether oxygens (including phenoxy) is 2. The summed E-state index contributed by atoms with van der Waals surface area (Å²) < 4.78 is 21.5. The first-order valence-corrected chi connectivity index (χ1v) is 20.5. The number of fused-ring (bicyclic) bond motifs is 13. The zero-order valence-electron chi connectivity index (χ0n) is 32.2. The van der Waals surface area contributed by atoms with Crippen molar-refractivity contribution in [3.8, 4) is 40.1 Å². The van der Waals surface area contributed by atoms with E-state index in [1.165, 1.54) is 32.3 Å². The van der Waals surface area contributed by atoms with Crippen LogP contribution in [0.15, 0.2) is 194 Å². The minimum absolute atomic E-state index is 0.138. The molecule has 60 heavy (non-hydrogen) atoms. The van der Waals surface area contributed by atoms with Crippen LogP contribution in [0.25, 0.3) is 82.5 Å². The summed E-state index contributed by atoms with van der Waals surface area (Å²) in [7, 11) is 0. The fourth-order valence-electron chi connectivity index (χ4n) is 10.4. The molecule has 0 spiro atoms. The Morgan fingerprint density at radius 3 is 1.05 bits per heavy atom. The fourth-order valence-corrected chi connectivity index (χ4v) is 10.4. The molecular formula is C54H32BN3O2. The molecule has 5 nitrogen and oxygen atoms in total. The van der Waals surface area contributed by atoms with E-state index in [9.17, 15) is 0 Å². The monoisotopic (exact) mass is 765 g/mol. The van der Waals surface area contributed by atoms with Crippen molar-refractivity contribution in [1.82, 2.24) is 13.7 Å². The standard InChI is InChI=1S/C54H32BN3O2/c1-3-15-33(16-4-1)56-46-25-13-9-21-38(46)40-29-42-50(31-48(40)56)59-52-27-35(58-44-23-11-7-19-36(44)37-20-8-12-24-45(37)58)28-53-54(52)55(42)43-30-41-39-22-10-14-26-47(39)57(34-17-5-2-6-18-34)49(41)32-51(43)60-53/h1-32H. The Hall–Kier alpha value is -7.96. The van der Waals surface area contributed by atoms with Crippen molar-refractivity contribution in [2.45, 2.75) is 0 Å². The van der Waals surface area contributed by atoms with Crippen LogP contribution in [0.2, 0.25) is 0 Å². The van der Waals surface area contributed by atoms with Crippen LogP contribution < -0.4 is 25.9 Å². The van der Waals surface area contributed by atoms with Gasteiger partial charge in [-0.15, -0.1) is 0 Å². The van der Waals surface area contributed by atoms with Gasteiger partial charge in [-0.2, -0.15) is 0 Å². The Kier molecular flexibility index (Phi) is 6.31. The van der Waals surface area contributed by atoms with E-state index in [-0.39, 0.29) is 6.71 Å². The van der Waals surface area contributed by atoms with E-state index in [0.717, 1.165) is 89.5 Å². The summed E-state index contributed by atoms with van der Waals surface area (Å²) in [6.07, 6.45) is 0. The van der Waals surface area contributed by atoms with Crippen molar-refractivity contribution in [2.24, 2.45) is 0 Å². The minimum Gasteiger partial charge on any atom is -0.458 e. The molecular weight excluding hydrogens is 733 g/mol. The molecule has 14 rings (SSSR count). The normalized spacial score (nSPS) is 12.9. The zero-order valence-corrected chi connectivity index (χ0v) is 32.2. The third kappa shape index (κ3) is 4.26. The molecule has 0 aliphatic carbocycles. The van der Waals surface area contributed by atoms with E-state index in [1.807, 2.05) is 0 Å². The van der Waals surface area contributed by atoms with Crippen LogP contribution in [0.3, 0.4) is 0 Å². The van der Waals surface area contributed by atoms with Gasteiger partial charge in [0.1, 0.15) is 23.0 Å². The lowest BCUT2D eigenvalue weighted by atomic mass is 9.34. The maximum absolute atomic E-state index is 7.21. The first kappa shape index (κ1) is 32.1. The number of nitrogens with zero attached hydrogens (tertiary/aromatic N) is 3. The summed E-state index contributed by atoms with van der Waals surface area (Å²) in [6.45, 7) is -0.138. The molecule has 6 heteroatoms. The SMILES string of the molecule is c1ccc(-n2c3ccccc3c3cc4c(cc32)Oc2cc(-n3c5ccccc5c5ccccc53)cc3c2B4c2cc4c5ccccc5n(-c5ccccc5)c4cc2O3)cc1. The van der Waals surface area contributed by atoms with Gasteiger partial charge in [-0.3, -0.25) is 0 Å². The Morgan fingerprint density at radius 2 is 0.633 bits per heavy atom. The second-order valence-corrected chi connectivity index (χ2v) is 16.1. The Balaban J connectivity index is 1.09. The first-order chi connectivity index (χ1) is 29.8. The van der Waals surface area contributed by atoms with Gasteiger partial charge in [-0.1, -0.05) is 121 Å². The van der Waals surface area contributed by atoms with Crippen molar-refractivity contribution >= 4 is 88.5 Å². The fraction of sp³-hybridized carbons (Fsp3) is 0. The summed E-state index contributed by atoms with van der Waals surface area (Å²) >= 11 is 0. The number of hydrogen-bond acceptors (Lipinski definition) is 2. The van der Waals surface area contributed by atoms with E-state index in [0.29, 0.717) is 0 Å². The lowest BCUT2D eigenvalue weighted by Crippen LogP contribution is -2.57. The van der Waals surface area contributed by atoms with Gasteiger partial charge in [0.25, 0.3) is 6.71 Å². The molecule has 5 heterocycles. The molecule has 0 amide bonds. The molecule has 0 N–H and O–H groups in total. The zero-order chi connectivity index (χ0) is 39.1. The first-order valence-electron chi connectivity index (χ1n) is 20.5. The second kappa shape index (κ2) is 11.8. The van der Waals surface area contributed by atoms with E-state index in [4.69, 9.17) is 9.47 Å². The Labute approximate surface area is 344 Å². The molecule has 2 aliphatic rings. The van der Waals surface area contributed by atoms with Crippen LogP contribution in [0.5, 0.6) is 23.0 Å². The summed E-state index contributed by atoms with van der Waals surface area (Å²) in [6, 6.07) is 69.8. The molecule has 0 saturated carbocycles. The molecule has 0 radical (unpaired) electrons. The van der Waals surface area contributed by atoms with Gasteiger partial charge >= 0.3 is 0 Å². The predicted molar refractivity (Wildman–Crippen MR) is 247 cm³/mol. The van der Waals surface area contributed by atoms with Gasteiger partial charge in [-0.25, -0.2) is 0 Å². The van der Waals surface area contributed by atoms with Gasteiger partial charge in [0.2, 0.25) is 0 Å². The van der Waals surface area contributed by atoms with Crippen LogP contribution in [0, 0.1) is 0 Å². The maximum Gasteiger partial charge on any atom is 0.260 e. The number of hydrogen-bond donors (Lipinski definition) is 0. The van der Waals surface area contributed by atoms with E-state index >= 15 is 0 Å². The van der Waals surface area contributed by atoms with Gasteiger partial charge < -0.3 is 23.2 Å². The van der Waals surface area contributed by atoms with Crippen LogP contribution in [-0.2, 0) is 0 Å². The summed E-state index contributed by atoms with van der Waals surface area (Å²) in [4.78, 5) is 0. The van der Waals surface area contributed by atoms with Gasteiger partial charge in [0, 0.05) is 73.4 Å². The van der Waals surface area contributed by atoms with Gasteiger partial charge in [-0.05, 0) is 59.5 Å². The van der Waals surface area contributed by atoms with Crippen LogP contribution in [-0.4, -0.2) is 20.4 Å². The summed E-state index contributed by atoms with van der Waals surface area (Å²) in [5.74, 6) is 3.32. The lowest BCUT2D eigenvalue weighted by molar-refractivity contribution is 0.465. The van der Waals surface area contributed by atoms with Crippen molar-refractivity contribution < 1.29 is 9.47 Å². The molecule has 0 saturated heterocycles. The van der Waals surface area contributed by atoms with E-state index in [2.05, 4.69) is 208 Å². The van der Waals surface area contributed by atoms with Gasteiger partial charge in [0.05, 0.1) is 38.8 Å². The lowest BCUT2D eigenvalue weighted by Gasteiger charge is -2.34. The van der Waals surface area contributed by atoms with Crippen molar-refractivity contribution in [1.29, 1.82) is 0 Å². The highest BCUT2D eigenvalue weighted by atomic mass is 16.5. The molecule has 278 valence electrons. The third-order valence-electron chi connectivity index (χ3n) is 12.9. The molecule has 0 bridgehead atoms. The quantitative estimate of drug-likeness (QED) is 0.168. The van der Waals surface area contributed by atoms with Crippen molar-refractivity contribution in [3.05, 3.63) is 194 Å². The molecule has 12 aromatic rings. The molecule has 0 atom stereocenters. The largest absolute Gasteiger partial charge is 0.458 e. The van der Waals surface area contributed by atoms with Crippen LogP contribution in [0.1, 0.15) is 0 Å². The number of rotatable bonds is 3. The van der Waals surface area contributed by atoms with Gasteiger partial charge in [0.15, 0.2) is 0 Å². The Bertz CT molecular complexity index is 3540. The smallest absolute Gasteiger partial charge is 0.260 e. The highest BCUT2D eigenvalue weighted by molar-refractivity contribution is 6.98. The highest BCUT2D eigenvalue weighted by Gasteiger charge is 2.42. The minimum atomic E-state index is -0.138. The molecule has 0 unspecified atom stereocenters. The van der Waals surface area contributed by atoms with E-state index in [1.54, 1.807) is 0 Å². The third-order valence-corrected chi connectivity index (χ3v) is 12.9. The second-order valence-electron chi connectivity index (χ2n) is 16.1. The predicted octanol–water partition coefficient (Wildman–Crippen LogP) is 11.7. The van der Waals surface area contributed by atoms with Crippen LogP contribution in [0.4, 0.5) is 0 Å². The van der Waals surface area contributed by atoms with Crippen molar-refractivity contribution in [2.75, 3.05) is 0 Å². The Morgan fingerprint density at radius 1 is 0.283 bits per heavy atom. The number of aromatic nitrogens is 3. The maximum atomic E-state index is 7.21. The topological polar surface area (TPSA) is 33.2 Å². The average molecular weight is 766 g/mol. The van der Waals surface area contributed by atoms with E-state index < -0.39 is 0 Å².